The summed E-state index contributed by atoms with van der Waals surface area (Å²) < 4.78 is 47.8. The van der Waals surface area contributed by atoms with Crippen LogP contribution >= 0.6 is 0 Å². The number of benzene rings is 1. The van der Waals surface area contributed by atoms with Gasteiger partial charge in [0.25, 0.3) is 11.8 Å². The van der Waals surface area contributed by atoms with Gasteiger partial charge >= 0.3 is 12.1 Å². The fourth-order valence-electron chi connectivity index (χ4n) is 2.30. The largest absolute Gasteiger partial charge is 0.462 e. The zero-order valence-electron chi connectivity index (χ0n) is 14.3. The first-order chi connectivity index (χ1) is 12.6. The van der Waals surface area contributed by atoms with Crippen molar-refractivity contribution in [1.82, 2.24) is 0 Å². The molecule has 0 aliphatic rings. The summed E-state index contributed by atoms with van der Waals surface area (Å²) in [7, 11) is 0. The molecule has 1 aromatic carbocycles. The van der Waals surface area contributed by atoms with E-state index in [1.54, 1.807) is 6.92 Å². The Kier molecular flexibility index (Phi) is 5.58. The molecule has 3 N–H and O–H groups in total. The van der Waals surface area contributed by atoms with E-state index in [0.717, 1.165) is 24.3 Å². The molecule has 0 fully saturated rings. The van der Waals surface area contributed by atoms with E-state index in [1.807, 2.05) is 0 Å². The summed E-state index contributed by atoms with van der Waals surface area (Å²) >= 11 is 0. The Bertz CT molecular complexity index is 885. The Hall–Kier alpha value is -3.30. The SMILES string of the molecule is CCOC(=O)c1c(C)oc(NC(=O)c2ccc(C(F)(F)F)cc2)c1C(N)=O. The van der Waals surface area contributed by atoms with Crippen LogP contribution < -0.4 is 11.1 Å². The van der Waals surface area contributed by atoms with Crippen molar-refractivity contribution in [1.29, 1.82) is 0 Å². The number of alkyl halides is 3. The second-order valence-electron chi connectivity index (χ2n) is 5.35. The summed E-state index contributed by atoms with van der Waals surface area (Å²) in [6.07, 6.45) is -4.54. The zero-order valence-corrected chi connectivity index (χ0v) is 14.3. The molecule has 0 radical (unpaired) electrons. The number of carbonyl (C=O) groups excluding carboxylic acids is 3. The molecule has 2 amide bonds. The van der Waals surface area contributed by atoms with Gasteiger partial charge in [0.2, 0.25) is 5.88 Å². The van der Waals surface area contributed by atoms with E-state index >= 15 is 0 Å². The van der Waals surface area contributed by atoms with Crippen LogP contribution in [0.25, 0.3) is 0 Å². The summed E-state index contributed by atoms with van der Waals surface area (Å²) in [6.45, 7) is 2.96. The van der Waals surface area contributed by atoms with Gasteiger partial charge in [0.15, 0.2) is 0 Å². The summed E-state index contributed by atoms with van der Waals surface area (Å²) in [5.41, 5.74) is 3.61. The molecule has 7 nitrogen and oxygen atoms in total. The van der Waals surface area contributed by atoms with Gasteiger partial charge < -0.3 is 14.9 Å². The fraction of sp³-hybridized carbons (Fsp3) is 0.235. The average molecular weight is 384 g/mol. The number of rotatable bonds is 5. The molecule has 2 rings (SSSR count). The van der Waals surface area contributed by atoms with Crippen LogP contribution in [0.15, 0.2) is 28.7 Å². The number of nitrogens with one attached hydrogen (secondary N) is 1. The van der Waals surface area contributed by atoms with Crippen molar-refractivity contribution in [2.45, 2.75) is 20.0 Å². The molecule has 10 heteroatoms. The lowest BCUT2D eigenvalue weighted by Gasteiger charge is -2.08. The standard InChI is InChI=1S/C17H15F3N2O5/c1-3-26-16(25)11-8(2)27-15(12(11)13(21)23)22-14(24)9-4-6-10(7-5-9)17(18,19)20/h4-7H,3H2,1-2H3,(H2,21,23)(H,22,24). The maximum atomic E-state index is 12.6. The number of hydrogen-bond donors (Lipinski definition) is 2. The highest BCUT2D eigenvalue weighted by atomic mass is 19.4. The minimum atomic E-state index is -4.54. The molecule has 0 aliphatic heterocycles. The van der Waals surface area contributed by atoms with Crippen molar-refractivity contribution >= 4 is 23.7 Å². The number of esters is 1. The lowest BCUT2D eigenvalue weighted by Crippen LogP contribution is -2.20. The number of amides is 2. The Morgan fingerprint density at radius 3 is 2.22 bits per heavy atom. The number of aryl methyl sites for hydroxylation is 1. The van der Waals surface area contributed by atoms with Crippen molar-refractivity contribution in [3.63, 3.8) is 0 Å². The Morgan fingerprint density at radius 1 is 1.15 bits per heavy atom. The molecule has 0 atom stereocenters. The van der Waals surface area contributed by atoms with Crippen LogP contribution in [0.1, 0.15) is 49.3 Å². The van der Waals surface area contributed by atoms with Crippen LogP contribution in [0, 0.1) is 6.92 Å². The molecule has 2 aromatic rings. The number of furan rings is 1. The highest BCUT2D eigenvalue weighted by Crippen LogP contribution is 2.30. The lowest BCUT2D eigenvalue weighted by molar-refractivity contribution is -0.137. The molecule has 0 aliphatic carbocycles. The van der Waals surface area contributed by atoms with E-state index in [2.05, 4.69) is 5.32 Å². The molecular weight excluding hydrogens is 369 g/mol. The number of ether oxygens (including phenoxy) is 1. The maximum Gasteiger partial charge on any atom is 0.416 e. The Morgan fingerprint density at radius 2 is 1.74 bits per heavy atom. The number of hydrogen-bond acceptors (Lipinski definition) is 5. The van der Waals surface area contributed by atoms with Gasteiger partial charge in [-0.1, -0.05) is 0 Å². The van der Waals surface area contributed by atoms with Crippen LogP contribution in [-0.2, 0) is 10.9 Å². The fourth-order valence-corrected chi connectivity index (χ4v) is 2.30. The van der Waals surface area contributed by atoms with Crippen molar-refractivity contribution in [2.75, 3.05) is 11.9 Å². The van der Waals surface area contributed by atoms with Gasteiger partial charge in [-0.3, -0.25) is 14.9 Å². The molecule has 1 aromatic heterocycles. The third kappa shape index (κ3) is 4.27. The summed E-state index contributed by atoms with van der Waals surface area (Å²) in [5.74, 6) is -3.16. The predicted octanol–water partition coefficient (Wildman–Crippen LogP) is 3.13. The van der Waals surface area contributed by atoms with Gasteiger partial charge in [0, 0.05) is 5.56 Å². The molecule has 27 heavy (non-hydrogen) atoms. The van der Waals surface area contributed by atoms with Crippen LogP contribution in [0.2, 0.25) is 0 Å². The third-order valence-corrected chi connectivity index (χ3v) is 3.51. The van der Waals surface area contributed by atoms with E-state index < -0.39 is 35.4 Å². The lowest BCUT2D eigenvalue weighted by atomic mass is 10.1. The first-order valence-electron chi connectivity index (χ1n) is 7.65. The number of anilines is 1. The van der Waals surface area contributed by atoms with Crippen molar-refractivity contribution in [2.24, 2.45) is 5.73 Å². The molecule has 0 unspecified atom stereocenters. The van der Waals surface area contributed by atoms with Crippen molar-refractivity contribution < 1.29 is 36.7 Å². The van der Waals surface area contributed by atoms with Crippen molar-refractivity contribution in [3.05, 3.63) is 52.3 Å². The average Bonchev–Trinajstić information content (AvgIpc) is 2.90. The normalized spacial score (nSPS) is 11.1. The molecule has 0 saturated heterocycles. The number of primary amides is 1. The highest BCUT2D eigenvalue weighted by molar-refractivity contribution is 6.12. The highest BCUT2D eigenvalue weighted by Gasteiger charge is 2.31. The number of nitrogens with two attached hydrogens (primary N) is 1. The van der Waals surface area contributed by atoms with E-state index in [9.17, 15) is 27.6 Å². The minimum absolute atomic E-state index is 0.00929. The van der Waals surface area contributed by atoms with Crippen LogP contribution in [0.4, 0.5) is 19.1 Å². The van der Waals surface area contributed by atoms with Crippen molar-refractivity contribution in [3.8, 4) is 0 Å². The topological polar surface area (TPSA) is 112 Å². The number of carbonyl (C=O) groups is 3. The first kappa shape index (κ1) is 20.0. The Balaban J connectivity index is 2.34. The molecule has 0 saturated carbocycles. The first-order valence-corrected chi connectivity index (χ1v) is 7.65. The second-order valence-corrected chi connectivity index (χ2v) is 5.35. The van der Waals surface area contributed by atoms with Crippen LogP contribution in [0.5, 0.6) is 0 Å². The van der Waals surface area contributed by atoms with Gasteiger partial charge in [0.05, 0.1) is 12.2 Å². The quantitative estimate of drug-likeness (QED) is 0.770. The monoisotopic (exact) mass is 384 g/mol. The van der Waals surface area contributed by atoms with E-state index in [0.29, 0.717) is 0 Å². The molecule has 144 valence electrons. The summed E-state index contributed by atoms with van der Waals surface area (Å²) in [6, 6.07) is 3.40. The van der Waals surface area contributed by atoms with E-state index in [1.165, 1.54) is 6.92 Å². The minimum Gasteiger partial charge on any atom is -0.462 e. The predicted molar refractivity (Wildman–Crippen MR) is 87.3 cm³/mol. The zero-order chi connectivity index (χ0) is 20.4. The number of halogens is 3. The summed E-state index contributed by atoms with van der Waals surface area (Å²) in [5, 5.41) is 2.23. The third-order valence-electron chi connectivity index (χ3n) is 3.51. The smallest absolute Gasteiger partial charge is 0.416 e. The van der Waals surface area contributed by atoms with Crippen LogP contribution in [0.3, 0.4) is 0 Å². The van der Waals surface area contributed by atoms with Gasteiger partial charge in [-0.15, -0.1) is 0 Å². The van der Waals surface area contributed by atoms with Crippen LogP contribution in [-0.4, -0.2) is 24.4 Å². The molecule has 0 spiro atoms. The van der Waals surface area contributed by atoms with Gasteiger partial charge in [-0.25, -0.2) is 4.79 Å². The van der Waals surface area contributed by atoms with E-state index in [-0.39, 0.29) is 29.1 Å². The van der Waals surface area contributed by atoms with Gasteiger partial charge in [-0.2, -0.15) is 13.2 Å². The molecule has 1 heterocycles. The summed E-state index contributed by atoms with van der Waals surface area (Å²) in [4.78, 5) is 35.9. The second kappa shape index (κ2) is 7.52. The molecular formula is C17H15F3N2O5. The maximum absolute atomic E-state index is 12.6. The van der Waals surface area contributed by atoms with Gasteiger partial charge in [0.1, 0.15) is 16.9 Å². The molecule has 0 bridgehead atoms. The van der Waals surface area contributed by atoms with E-state index in [4.69, 9.17) is 14.9 Å². The Labute approximate surface area is 151 Å². The van der Waals surface area contributed by atoms with Gasteiger partial charge in [-0.05, 0) is 38.1 Å².